The third-order valence-corrected chi connectivity index (χ3v) is 5.80. The van der Waals surface area contributed by atoms with E-state index in [1.807, 2.05) is 38.1 Å². The van der Waals surface area contributed by atoms with Crippen LogP contribution in [-0.4, -0.2) is 48.1 Å². The SMILES string of the molecule is COc1cccc(C(O)=C2C(=O)C(=O)N(CCCOC(C)C)C2c2ccc(C(C)C)cc2)c1. The second-order valence-corrected chi connectivity index (χ2v) is 8.82. The normalized spacial score (nSPS) is 17.9. The van der Waals surface area contributed by atoms with Crippen molar-refractivity contribution >= 4 is 17.4 Å². The summed E-state index contributed by atoms with van der Waals surface area (Å²) in [6, 6.07) is 14.0. The number of aliphatic hydroxyl groups excluding tert-OH is 1. The molecule has 0 bridgehead atoms. The Kier molecular flexibility index (Phi) is 7.92. The summed E-state index contributed by atoms with van der Waals surface area (Å²) in [4.78, 5) is 27.7. The number of likely N-dealkylation sites (tertiary alicyclic amines) is 1. The molecule has 6 heteroatoms. The lowest BCUT2D eigenvalue weighted by atomic mass is 9.93. The molecule has 0 radical (unpaired) electrons. The Hall–Kier alpha value is -3.12. The second kappa shape index (κ2) is 10.7. The molecule has 6 nitrogen and oxygen atoms in total. The maximum Gasteiger partial charge on any atom is 0.295 e. The first kappa shape index (κ1) is 24.5. The summed E-state index contributed by atoms with van der Waals surface area (Å²) in [6.45, 7) is 8.96. The molecule has 1 aliphatic rings. The summed E-state index contributed by atoms with van der Waals surface area (Å²) >= 11 is 0. The third-order valence-electron chi connectivity index (χ3n) is 5.80. The molecule has 0 saturated carbocycles. The van der Waals surface area contributed by atoms with E-state index in [9.17, 15) is 14.7 Å². The van der Waals surface area contributed by atoms with E-state index in [-0.39, 0.29) is 17.4 Å². The van der Waals surface area contributed by atoms with Crippen LogP contribution in [0.25, 0.3) is 5.76 Å². The summed E-state index contributed by atoms with van der Waals surface area (Å²) < 4.78 is 10.9. The van der Waals surface area contributed by atoms with Crippen molar-refractivity contribution in [2.24, 2.45) is 0 Å². The van der Waals surface area contributed by atoms with Gasteiger partial charge in [0.15, 0.2) is 0 Å². The van der Waals surface area contributed by atoms with Gasteiger partial charge in [0.05, 0.1) is 24.8 Å². The third kappa shape index (κ3) is 5.45. The molecule has 1 atom stereocenters. The minimum absolute atomic E-state index is 0.0906. The monoisotopic (exact) mass is 451 g/mol. The molecule has 1 aliphatic heterocycles. The van der Waals surface area contributed by atoms with Crippen molar-refractivity contribution < 1.29 is 24.2 Å². The zero-order valence-electron chi connectivity index (χ0n) is 20.0. The highest BCUT2D eigenvalue weighted by molar-refractivity contribution is 6.46. The Morgan fingerprint density at radius 3 is 2.36 bits per heavy atom. The minimum atomic E-state index is -0.682. The predicted octanol–water partition coefficient (Wildman–Crippen LogP) is 5.06. The van der Waals surface area contributed by atoms with Gasteiger partial charge in [-0.1, -0.05) is 50.2 Å². The fraction of sp³-hybridized carbons (Fsp3) is 0.407. The molecule has 0 spiro atoms. The predicted molar refractivity (Wildman–Crippen MR) is 128 cm³/mol. The van der Waals surface area contributed by atoms with Crippen LogP contribution in [0.15, 0.2) is 54.1 Å². The van der Waals surface area contributed by atoms with Crippen molar-refractivity contribution in [3.63, 3.8) is 0 Å². The first-order chi connectivity index (χ1) is 15.7. The average Bonchev–Trinajstić information content (AvgIpc) is 3.06. The van der Waals surface area contributed by atoms with Crippen LogP contribution in [-0.2, 0) is 14.3 Å². The summed E-state index contributed by atoms with van der Waals surface area (Å²) in [5, 5.41) is 11.2. The summed E-state index contributed by atoms with van der Waals surface area (Å²) in [5.41, 5.74) is 2.47. The highest BCUT2D eigenvalue weighted by Gasteiger charge is 2.45. The topological polar surface area (TPSA) is 76.1 Å². The number of Topliss-reactive ketones (excluding diaryl/α,β-unsaturated/α-hetero) is 1. The Labute approximate surface area is 195 Å². The Morgan fingerprint density at radius 1 is 1.06 bits per heavy atom. The average molecular weight is 452 g/mol. The number of rotatable bonds is 9. The lowest BCUT2D eigenvalue weighted by molar-refractivity contribution is -0.140. The number of aliphatic hydroxyl groups is 1. The fourth-order valence-corrected chi connectivity index (χ4v) is 4.00. The van der Waals surface area contributed by atoms with Crippen LogP contribution in [0.3, 0.4) is 0 Å². The van der Waals surface area contributed by atoms with Crippen molar-refractivity contribution in [1.29, 1.82) is 0 Å². The molecule has 1 heterocycles. The summed E-state index contributed by atoms with van der Waals surface area (Å²) in [7, 11) is 1.54. The van der Waals surface area contributed by atoms with Crippen LogP contribution >= 0.6 is 0 Å². The van der Waals surface area contributed by atoms with Gasteiger partial charge in [-0.25, -0.2) is 0 Å². The zero-order valence-corrected chi connectivity index (χ0v) is 20.0. The number of hydrogen-bond donors (Lipinski definition) is 1. The molecule has 1 N–H and O–H groups in total. The number of ketones is 1. The molecule has 1 amide bonds. The van der Waals surface area contributed by atoms with E-state index in [0.29, 0.717) is 36.8 Å². The van der Waals surface area contributed by atoms with Crippen molar-refractivity contribution in [3.8, 4) is 5.75 Å². The van der Waals surface area contributed by atoms with Crippen molar-refractivity contribution in [2.45, 2.75) is 52.2 Å². The number of carbonyl (C=O) groups excluding carboxylic acids is 2. The lowest BCUT2D eigenvalue weighted by Crippen LogP contribution is -2.31. The molecular weight excluding hydrogens is 418 g/mol. The van der Waals surface area contributed by atoms with Gasteiger partial charge in [-0.05, 0) is 49.4 Å². The van der Waals surface area contributed by atoms with E-state index in [1.165, 1.54) is 7.11 Å². The highest BCUT2D eigenvalue weighted by atomic mass is 16.5. The van der Waals surface area contributed by atoms with Gasteiger partial charge < -0.3 is 19.5 Å². The number of ether oxygens (including phenoxy) is 2. The number of benzene rings is 2. The van der Waals surface area contributed by atoms with Gasteiger partial charge in [-0.15, -0.1) is 0 Å². The molecule has 1 unspecified atom stereocenters. The van der Waals surface area contributed by atoms with Gasteiger partial charge in [0.25, 0.3) is 11.7 Å². The number of carbonyl (C=O) groups is 2. The number of amides is 1. The van der Waals surface area contributed by atoms with Crippen molar-refractivity contribution in [2.75, 3.05) is 20.3 Å². The largest absolute Gasteiger partial charge is 0.507 e. The number of nitrogens with zero attached hydrogens (tertiary/aromatic N) is 1. The zero-order chi connectivity index (χ0) is 24.1. The molecule has 33 heavy (non-hydrogen) atoms. The Morgan fingerprint density at radius 2 is 1.76 bits per heavy atom. The maximum atomic E-state index is 13.1. The molecule has 3 rings (SSSR count). The molecule has 176 valence electrons. The van der Waals surface area contributed by atoms with Crippen LogP contribution in [0, 0.1) is 0 Å². The van der Waals surface area contributed by atoms with E-state index in [2.05, 4.69) is 13.8 Å². The van der Waals surface area contributed by atoms with Gasteiger partial charge in [-0.2, -0.15) is 0 Å². The fourth-order valence-electron chi connectivity index (χ4n) is 4.00. The highest BCUT2D eigenvalue weighted by Crippen LogP contribution is 2.40. The van der Waals surface area contributed by atoms with Gasteiger partial charge >= 0.3 is 0 Å². The standard InChI is InChI=1S/C27H33NO5/c1-17(2)19-10-12-20(13-11-19)24-23(25(29)21-8-6-9-22(16-21)32-5)26(30)27(31)28(24)14-7-15-33-18(3)4/h6,8-13,16-18,24,29H,7,14-15H2,1-5H3. The van der Waals surface area contributed by atoms with Gasteiger partial charge in [0, 0.05) is 18.7 Å². The quantitative estimate of drug-likeness (QED) is 0.250. The van der Waals surface area contributed by atoms with E-state index in [1.54, 1.807) is 29.2 Å². The molecule has 2 aromatic rings. The maximum absolute atomic E-state index is 13.1. The van der Waals surface area contributed by atoms with Crippen LogP contribution < -0.4 is 4.74 Å². The Balaban J connectivity index is 2.05. The van der Waals surface area contributed by atoms with Gasteiger partial charge in [0.1, 0.15) is 11.5 Å². The van der Waals surface area contributed by atoms with Crippen molar-refractivity contribution in [1.82, 2.24) is 4.90 Å². The number of methoxy groups -OCH3 is 1. The first-order valence-corrected chi connectivity index (χ1v) is 11.4. The van der Waals surface area contributed by atoms with E-state index in [4.69, 9.17) is 9.47 Å². The van der Waals surface area contributed by atoms with E-state index in [0.717, 1.165) is 11.1 Å². The molecular formula is C27H33NO5. The molecule has 1 fully saturated rings. The van der Waals surface area contributed by atoms with Crippen LogP contribution in [0.4, 0.5) is 0 Å². The van der Waals surface area contributed by atoms with Gasteiger partial charge in [0.2, 0.25) is 0 Å². The van der Waals surface area contributed by atoms with Crippen LogP contribution in [0.5, 0.6) is 5.75 Å². The van der Waals surface area contributed by atoms with E-state index < -0.39 is 17.7 Å². The molecule has 0 aliphatic carbocycles. The summed E-state index contributed by atoms with van der Waals surface area (Å²) in [5.74, 6) is -0.585. The lowest BCUT2D eigenvalue weighted by Gasteiger charge is -2.26. The van der Waals surface area contributed by atoms with Crippen molar-refractivity contribution in [3.05, 3.63) is 70.8 Å². The minimum Gasteiger partial charge on any atom is -0.507 e. The van der Waals surface area contributed by atoms with Gasteiger partial charge in [-0.3, -0.25) is 9.59 Å². The second-order valence-electron chi connectivity index (χ2n) is 8.82. The smallest absolute Gasteiger partial charge is 0.295 e. The number of hydrogen-bond acceptors (Lipinski definition) is 5. The van der Waals surface area contributed by atoms with Crippen LogP contribution in [0.2, 0.25) is 0 Å². The molecule has 0 aromatic heterocycles. The van der Waals surface area contributed by atoms with Crippen LogP contribution in [0.1, 0.15) is 62.8 Å². The first-order valence-electron chi connectivity index (χ1n) is 11.4. The summed E-state index contributed by atoms with van der Waals surface area (Å²) in [6.07, 6.45) is 0.679. The Bertz CT molecular complexity index is 1020. The molecule has 2 aromatic carbocycles. The van der Waals surface area contributed by atoms with E-state index >= 15 is 0 Å². The molecule has 1 saturated heterocycles.